The number of imidazole rings is 2. The van der Waals surface area contributed by atoms with Crippen molar-refractivity contribution in [2.75, 3.05) is 24.7 Å². The van der Waals surface area contributed by atoms with Crippen LogP contribution in [0.1, 0.15) is 12.5 Å². The molecule has 252 valence electrons. The molecule has 7 rings (SSSR count). The van der Waals surface area contributed by atoms with Gasteiger partial charge in [-0.2, -0.15) is 0 Å². The van der Waals surface area contributed by atoms with Gasteiger partial charge in [0, 0.05) is 0 Å². The fourth-order valence-electron chi connectivity index (χ4n) is 5.19. The van der Waals surface area contributed by atoms with Gasteiger partial charge in [-0.3, -0.25) is 22.7 Å². The Morgan fingerprint density at radius 2 is 1.37 bits per heavy atom. The van der Waals surface area contributed by atoms with Gasteiger partial charge in [0.05, 0.1) is 25.9 Å². The number of phosphoric ester groups is 1. The molecule has 46 heavy (non-hydrogen) atoms. The molecule has 7 heterocycles. The first-order valence-corrected chi connectivity index (χ1v) is 16.8. The van der Waals surface area contributed by atoms with Gasteiger partial charge in [0.2, 0.25) is 0 Å². The Labute approximate surface area is 262 Å². The second kappa shape index (κ2) is 12.6. The van der Waals surface area contributed by atoms with Crippen molar-refractivity contribution in [2.45, 2.75) is 49.1 Å². The number of fused-ring (bicyclic) bond motifs is 5. The monoisotopic (exact) mass is 710 g/mol. The molecule has 4 aromatic rings. The molecule has 0 amide bonds. The Hall–Kier alpha value is -2.93. The number of alkyl halides is 1. The average Bonchev–Trinajstić information content (AvgIpc) is 3.73. The zero-order chi connectivity index (χ0) is 31.0. The van der Waals surface area contributed by atoms with Crippen LogP contribution in [0.5, 0.6) is 0 Å². The SMILES string of the molecule is N.N.Nc1ncnc2c1ncn2[C@@H]1O[C@@H]2COP(O)(=S)O[C@@H]3[C@H](O)[C@@H](COP(=O)(O)O[C@H]2[C@H]1F)O[C@H]3n1cnc2c(N)ncnc21. The van der Waals surface area contributed by atoms with E-state index in [2.05, 4.69) is 29.9 Å². The Morgan fingerprint density at radius 1 is 0.826 bits per heavy atom. The fraction of sp³-hybridized carbons (Fsp3) is 0.500. The number of hydrogen-bond acceptors (Lipinski definition) is 19. The lowest BCUT2D eigenvalue weighted by Crippen LogP contribution is -2.35. The first-order chi connectivity index (χ1) is 20.9. The topological polar surface area (TPSA) is 342 Å². The minimum absolute atomic E-state index is 0. The van der Waals surface area contributed by atoms with E-state index in [-0.39, 0.29) is 46.3 Å². The number of rotatable bonds is 2. The van der Waals surface area contributed by atoms with Crippen LogP contribution >= 0.6 is 14.5 Å². The van der Waals surface area contributed by atoms with E-state index < -0.39 is 76.9 Å². The molecule has 22 nitrogen and oxygen atoms in total. The van der Waals surface area contributed by atoms with Crippen LogP contribution in [0, 0.1) is 0 Å². The number of anilines is 2. The number of ether oxygens (including phenoxy) is 2. The molecule has 2 bridgehead atoms. The number of aliphatic hydroxyl groups excluding tert-OH is 1. The van der Waals surface area contributed by atoms with E-state index in [1.165, 1.54) is 28.1 Å². The minimum Gasteiger partial charge on any atom is -0.387 e. The fourth-order valence-corrected chi connectivity index (χ4v) is 7.56. The maximum Gasteiger partial charge on any atom is 0.472 e. The van der Waals surface area contributed by atoms with Gasteiger partial charge in [0.15, 0.2) is 41.6 Å². The molecule has 4 aromatic heterocycles. The van der Waals surface area contributed by atoms with Crippen LogP contribution in [0.2, 0.25) is 0 Å². The van der Waals surface area contributed by atoms with Crippen molar-refractivity contribution in [3.63, 3.8) is 0 Å². The van der Waals surface area contributed by atoms with Crippen molar-refractivity contribution in [2.24, 2.45) is 0 Å². The van der Waals surface area contributed by atoms with Crippen LogP contribution in [-0.2, 0) is 43.9 Å². The number of nitrogen functional groups attached to an aromatic ring is 2. The third kappa shape index (κ3) is 5.97. The van der Waals surface area contributed by atoms with E-state index in [0.29, 0.717) is 0 Å². The summed E-state index contributed by atoms with van der Waals surface area (Å²) < 4.78 is 64.7. The third-order valence-corrected chi connectivity index (χ3v) is 9.76. The molecule has 0 spiro atoms. The molecule has 0 radical (unpaired) electrons. The normalized spacial score (nSPS) is 36.6. The van der Waals surface area contributed by atoms with Gasteiger partial charge >= 0.3 is 14.5 Å². The smallest absolute Gasteiger partial charge is 0.387 e. The van der Waals surface area contributed by atoms with Crippen molar-refractivity contribution in [3.05, 3.63) is 25.3 Å². The molecule has 3 fully saturated rings. The van der Waals surface area contributed by atoms with Crippen molar-refractivity contribution < 1.29 is 51.4 Å². The molecule has 2 unspecified atom stereocenters. The molecule has 10 atom stereocenters. The van der Waals surface area contributed by atoms with Crippen molar-refractivity contribution >= 4 is 60.3 Å². The number of aliphatic hydroxyl groups is 1. The second-order valence-electron chi connectivity index (χ2n) is 9.90. The predicted molar refractivity (Wildman–Crippen MR) is 156 cm³/mol. The van der Waals surface area contributed by atoms with Crippen LogP contribution in [0.3, 0.4) is 0 Å². The quantitative estimate of drug-likeness (QED) is 0.132. The molecule has 0 aliphatic carbocycles. The van der Waals surface area contributed by atoms with E-state index in [1.54, 1.807) is 0 Å². The summed E-state index contributed by atoms with van der Waals surface area (Å²) in [6.07, 6.45) is -7.61. The predicted octanol–water partition coefficient (Wildman–Crippen LogP) is -0.217. The number of nitrogens with two attached hydrogens (primary N) is 2. The lowest BCUT2D eigenvalue weighted by molar-refractivity contribution is -0.0635. The zero-order valence-corrected chi connectivity index (χ0v) is 26.0. The van der Waals surface area contributed by atoms with E-state index in [0.717, 1.165) is 6.33 Å². The maximum absolute atomic E-state index is 15.9. The van der Waals surface area contributed by atoms with E-state index in [9.17, 15) is 19.5 Å². The molecular formula is C20H29FN12O10P2S. The number of nitrogens with zero attached hydrogens (tertiary/aromatic N) is 8. The number of halogens is 1. The molecule has 3 aliphatic rings. The molecule has 26 heteroatoms. The van der Waals surface area contributed by atoms with Gasteiger partial charge in [0.1, 0.15) is 54.2 Å². The van der Waals surface area contributed by atoms with Crippen molar-refractivity contribution in [1.29, 1.82) is 0 Å². The number of aromatic nitrogens is 8. The summed E-state index contributed by atoms with van der Waals surface area (Å²) in [5.74, 6) is 0.101. The number of phosphoric acid groups is 1. The number of hydrogen-bond donors (Lipinski definition) is 7. The van der Waals surface area contributed by atoms with Gasteiger partial charge in [-0.1, -0.05) is 0 Å². The van der Waals surface area contributed by atoms with Crippen LogP contribution in [0.15, 0.2) is 25.3 Å². The Morgan fingerprint density at radius 3 is 1.98 bits per heavy atom. The average molecular weight is 711 g/mol. The van der Waals surface area contributed by atoms with Crippen molar-refractivity contribution in [3.8, 4) is 0 Å². The second-order valence-corrected chi connectivity index (χ2v) is 14.1. The molecule has 3 saturated heterocycles. The highest BCUT2D eigenvalue weighted by Crippen LogP contribution is 2.54. The third-order valence-electron chi connectivity index (χ3n) is 7.22. The summed E-state index contributed by atoms with van der Waals surface area (Å²) in [7, 11) is -5.05. The summed E-state index contributed by atoms with van der Waals surface area (Å²) in [6, 6.07) is 0. The summed E-state index contributed by atoms with van der Waals surface area (Å²) in [4.78, 5) is 45.8. The Kier molecular flexibility index (Phi) is 9.42. The van der Waals surface area contributed by atoms with E-state index in [4.69, 9.17) is 50.8 Å². The minimum atomic E-state index is -5.05. The van der Waals surface area contributed by atoms with E-state index >= 15 is 4.39 Å². The summed E-state index contributed by atoms with van der Waals surface area (Å²) >= 11 is 5.21. The van der Waals surface area contributed by atoms with E-state index in [1.807, 2.05) is 0 Å². The molecule has 0 aromatic carbocycles. The summed E-state index contributed by atoms with van der Waals surface area (Å²) in [5, 5.41) is 11.1. The van der Waals surface area contributed by atoms with Crippen molar-refractivity contribution in [1.82, 2.24) is 51.3 Å². The summed E-state index contributed by atoms with van der Waals surface area (Å²) in [5.41, 5.74) is 12.4. The lowest BCUT2D eigenvalue weighted by Gasteiger charge is -2.27. The molecule has 13 N–H and O–H groups in total. The van der Waals surface area contributed by atoms with Gasteiger partial charge in [-0.15, -0.1) is 0 Å². The molecule has 3 aliphatic heterocycles. The first kappa shape index (κ1) is 34.4. The van der Waals surface area contributed by atoms with Gasteiger partial charge < -0.3 is 52.7 Å². The zero-order valence-electron chi connectivity index (χ0n) is 23.4. The Balaban J connectivity index is 0.00000208. The van der Waals surface area contributed by atoms with Crippen LogP contribution in [-0.4, -0.2) is 104 Å². The first-order valence-electron chi connectivity index (χ1n) is 12.7. The van der Waals surface area contributed by atoms with Crippen LogP contribution in [0.4, 0.5) is 16.0 Å². The highest BCUT2D eigenvalue weighted by Gasteiger charge is 2.54. The van der Waals surface area contributed by atoms with Gasteiger partial charge in [0.25, 0.3) is 0 Å². The van der Waals surface area contributed by atoms with Gasteiger partial charge in [-0.05, 0) is 11.8 Å². The summed E-state index contributed by atoms with van der Waals surface area (Å²) in [6.45, 7) is -5.66. The maximum atomic E-state index is 15.9. The highest BCUT2D eigenvalue weighted by atomic mass is 32.5. The lowest BCUT2D eigenvalue weighted by atomic mass is 10.1. The van der Waals surface area contributed by atoms with Gasteiger partial charge in [-0.25, -0.2) is 38.9 Å². The molecule has 0 saturated carbocycles. The standard InChI is InChI=1S/C20H23FN10O10P2S.2H3N/c21-9-13-8(39-19(9)30-5-28-10-15(22)24-3-26-17(10)30)2-37-43(35,44)41-14-12(32)7(1-36-42(33,34)40-13)38-20(14)31-6-29-11-16(23)25-4-27-18(11)31;;/h3-9,12-14,19-20,32H,1-2H2,(H,33,34)(H,35,44)(H2,22,24,26)(H2,23,25,27);2*1H3/t7-,8-,9-,12-,13-,14-,19-,20-,43?;;/m1../s1. The van der Waals surface area contributed by atoms with Crippen LogP contribution in [0.25, 0.3) is 22.3 Å². The highest BCUT2D eigenvalue weighted by molar-refractivity contribution is 8.07. The Bertz CT molecular complexity index is 1840. The largest absolute Gasteiger partial charge is 0.472 e. The molecular weight excluding hydrogens is 681 g/mol. The van der Waals surface area contributed by atoms with Crippen LogP contribution < -0.4 is 23.8 Å².